The molecular formula is C15H14BrClFN. The third-order valence-corrected chi connectivity index (χ3v) is 3.84. The van der Waals surface area contributed by atoms with Crippen molar-refractivity contribution in [3.63, 3.8) is 0 Å². The van der Waals surface area contributed by atoms with E-state index >= 15 is 0 Å². The summed E-state index contributed by atoms with van der Waals surface area (Å²) in [4.78, 5) is 2.01. The van der Waals surface area contributed by atoms with Crippen molar-refractivity contribution in [3.8, 4) is 0 Å². The van der Waals surface area contributed by atoms with E-state index in [4.69, 9.17) is 11.6 Å². The first kappa shape index (κ1) is 14.4. The zero-order valence-electron chi connectivity index (χ0n) is 10.5. The molecule has 2 aromatic carbocycles. The summed E-state index contributed by atoms with van der Waals surface area (Å²) in [5.74, 6) is -0.216. The smallest absolute Gasteiger partial charge is 0.123 e. The number of alkyl halides is 1. The molecule has 0 spiro atoms. The van der Waals surface area contributed by atoms with Gasteiger partial charge in [-0.05, 0) is 35.4 Å². The van der Waals surface area contributed by atoms with E-state index in [-0.39, 0.29) is 5.82 Å². The van der Waals surface area contributed by atoms with Gasteiger partial charge in [-0.1, -0.05) is 45.7 Å². The highest BCUT2D eigenvalue weighted by atomic mass is 79.9. The molecule has 0 bridgehead atoms. The number of nitrogens with zero attached hydrogens (tertiary/aromatic N) is 1. The third kappa shape index (κ3) is 3.71. The van der Waals surface area contributed by atoms with Crippen molar-refractivity contribution >= 4 is 33.2 Å². The Labute approximate surface area is 126 Å². The molecule has 2 aromatic rings. The van der Waals surface area contributed by atoms with E-state index < -0.39 is 0 Å². The Morgan fingerprint density at radius 3 is 2.58 bits per heavy atom. The van der Waals surface area contributed by atoms with Crippen LogP contribution in [-0.2, 0) is 11.9 Å². The quantitative estimate of drug-likeness (QED) is 0.706. The van der Waals surface area contributed by atoms with Crippen LogP contribution >= 0.6 is 27.5 Å². The van der Waals surface area contributed by atoms with Gasteiger partial charge in [0.25, 0.3) is 0 Å². The fourth-order valence-electron chi connectivity index (χ4n) is 1.94. The van der Waals surface area contributed by atoms with E-state index in [0.717, 1.165) is 22.1 Å². The zero-order chi connectivity index (χ0) is 13.8. The van der Waals surface area contributed by atoms with Crippen molar-refractivity contribution in [3.05, 3.63) is 64.4 Å². The molecule has 0 N–H and O–H groups in total. The molecule has 2 rings (SSSR count). The summed E-state index contributed by atoms with van der Waals surface area (Å²) in [6, 6.07) is 12.6. The van der Waals surface area contributed by atoms with Gasteiger partial charge >= 0.3 is 0 Å². The number of rotatable bonds is 4. The fraction of sp³-hybridized carbons (Fsp3) is 0.200. The van der Waals surface area contributed by atoms with Crippen molar-refractivity contribution < 1.29 is 4.39 Å². The molecule has 0 saturated heterocycles. The molecular weight excluding hydrogens is 329 g/mol. The van der Waals surface area contributed by atoms with Crippen molar-refractivity contribution in [1.29, 1.82) is 0 Å². The largest absolute Gasteiger partial charge is 0.369 e. The predicted octanol–water partition coefficient (Wildman–Crippen LogP) is 5.01. The summed E-state index contributed by atoms with van der Waals surface area (Å²) < 4.78 is 13.1. The molecule has 0 saturated carbocycles. The minimum absolute atomic E-state index is 0.216. The molecule has 4 heteroatoms. The molecule has 19 heavy (non-hydrogen) atoms. The molecule has 0 aliphatic heterocycles. The van der Waals surface area contributed by atoms with Crippen LogP contribution in [0.3, 0.4) is 0 Å². The number of hydrogen-bond acceptors (Lipinski definition) is 1. The van der Waals surface area contributed by atoms with Gasteiger partial charge in [0.15, 0.2) is 0 Å². The number of benzene rings is 2. The Bertz CT molecular complexity index is 574. The van der Waals surface area contributed by atoms with Gasteiger partial charge in [-0.25, -0.2) is 4.39 Å². The van der Waals surface area contributed by atoms with Gasteiger partial charge in [0.05, 0.1) is 10.7 Å². The van der Waals surface area contributed by atoms with Crippen molar-refractivity contribution in [2.75, 3.05) is 11.9 Å². The fourth-order valence-corrected chi connectivity index (χ4v) is 2.63. The van der Waals surface area contributed by atoms with Crippen LogP contribution in [-0.4, -0.2) is 7.05 Å². The zero-order valence-corrected chi connectivity index (χ0v) is 12.9. The van der Waals surface area contributed by atoms with Crippen molar-refractivity contribution in [2.45, 2.75) is 11.9 Å². The summed E-state index contributed by atoms with van der Waals surface area (Å²) in [7, 11) is 1.94. The van der Waals surface area contributed by atoms with E-state index in [1.807, 2.05) is 36.2 Å². The number of hydrogen-bond donors (Lipinski definition) is 0. The topological polar surface area (TPSA) is 3.24 Å². The summed E-state index contributed by atoms with van der Waals surface area (Å²) in [6.07, 6.45) is 0. The van der Waals surface area contributed by atoms with Gasteiger partial charge in [-0.3, -0.25) is 0 Å². The SMILES string of the molecule is CN(Cc1cccc(F)c1)c1ccc(CBr)cc1Cl. The van der Waals surface area contributed by atoms with Crippen LogP contribution < -0.4 is 4.90 Å². The lowest BCUT2D eigenvalue weighted by Gasteiger charge is -2.21. The molecule has 0 amide bonds. The molecule has 100 valence electrons. The molecule has 0 fully saturated rings. The first-order valence-electron chi connectivity index (χ1n) is 5.90. The van der Waals surface area contributed by atoms with Gasteiger partial charge in [0.1, 0.15) is 5.82 Å². The van der Waals surface area contributed by atoms with E-state index in [9.17, 15) is 4.39 Å². The standard InChI is InChI=1S/C15H14BrClFN/c1-19(10-12-3-2-4-13(18)7-12)15-6-5-11(9-16)8-14(15)17/h2-8H,9-10H2,1H3. The maximum Gasteiger partial charge on any atom is 0.123 e. The minimum atomic E-state index is -0.216. The first-order chi connectivity index (χ1) is 9.10. The Morgan fingerprint density at radius 1 is 1.16 bits per heavy atom. The Hall–Kier alpha value is -1.06. The van der Waals surface area contributed by atoms with Gasteiger partial charge in [0.2, 0.25) is 0 Å². The highest BCUT2D eigenvalue weighted by molar-refractivity contribution is 9.08. The average molecular weight is 343 g/mol. The average Bonchev–Trinajstić information content (AvgIpc) is 2.38. The molecule has 0 aliphatic rings. The number of anilines is 1. The first-order valence-corrected chi connectivity index (χ1v) is 7.40. The molecule has 0 aromatic heterocycles. The van der Waals surface area contributed by atoms with E-state index in [1.54, 1.807) is 6.07 Å². The highest BCUT2D eigenvalue weighted by Crippen LogP contribution is 2.28. The lowest BCUT2D eigenvalue weighted by atomic mass is 10.2. The Balaban J connectivity index is 2.18. The van der Waals surface area contributed by atoms with Gasteiger partial charge in [0, 0.05) is 18.9 Å². The van der Waals surface area contributed by atoms with Crippen LogP contribution in [0, 0.1) is 5.82 Å². The second kappa shape index (κ2) is 6.40. The van der Waals surface area contributed by atoms with Crippen molar-refractivity contribution in [2.24, 2.45) is 0 Å². The summed E-state index contributed by atoms with van der Waals surface area (Å²) in [5, 5.41) is 1.48. The monoisotopic (exact) mass is 341 g/mol. The maximum atomic E-state index is 13.1. The van der Waals surface area contributed by atoms with Gasteiger partial charge in [-0.15, -0.1) is 0 Å². The van der Waals surface area contributed by atoms with E-state index in [2.05, 4.69) is 15.9 Å². The van der Waals surface area contributed by atoms with Crippen LogP contribution in [0.25, 0.3) is 0 Å². The summed E-state index contributed by atoms with van der Waals surface area (Å²) in [5.41, 5.74) is 2.99. The Kier molecular flexibility index (Phi) is 4.83. The van der Waals surface area contributed by atoms with E-state index in [1.165, 1.54) is 12.1 Å². The third-order valence-electron chi connectivity index (χ3n) is 2.89. The van der Waals surface area contributed by atoms with Crippen LogP contribution in [0.15, 0.2) is 42.5 Å². The molecule has 0 unspecified atom stereocenters. The van der Waals surface area contributed by atoms with Crippen LogP contribution in [0.4, 0.5) is 10.1 Å². The highest BCUT2D eigenvalue weighted by Gasteiger charge is 2.08. The van der Waals surface area contributed by atoms with Gasteiger partial charge < -0.3 is 4.90 Å². The molecule has 1 nitrogen and oxygen atoms in total. The van der Waals surface area contributed by atoms with Crippen LogP contribution in [0.1, 0.15) is 11.1 Å². The lowest BCUT2D eigenvalue weighted by molar-refractivity contribution is 0.625. The Morgan fingerprint density at radius 2 is 1.95 bits per heavy atom. The van der Waals surface area contributed by atoms with Crippen LogP contribution in [0.5, 0.6) is 0 Å². The van der Waals surface area contributed by atoms with Gasteiger partial charge in [-0.2, -0.15) is 0 Å². The second-order valence-corrected chi connectivity index (χ2v) is 5.37. The normalized spacial score (nSPS) is 10.5. The molecule has 0 aliphatic carbocycles. The summed E-state index contributed by atoms with van der Waals surface area (Å²) in [6.45, 7) is 0.616. The molecule has 0 radical (unpaired) electrons. The predicted molar refractivity (Wildman–Crippen MR) is 82.6 cm³/mol. The minimum Gasteiger partial charge on any atom is -0.369 e. The van der Waals surface area contributed by atoms with Crippen molar-refractivity contribution in [1.82, 2.24) is 0 Å². The maximum absolute atomic E-state index is 13.1. The molecule has 0 heterocycles. The summed E-state index contributed by atoms with van der Waals surface area (Å²) >= 11 is 9.67. The second-order valence-electron chi connectivity index (χ2n) is 4.41. The molecule has 0 atom stereocenters. The number of halogens is 3. The van der Waals surface area contributed by atoms with E-state index in [0.29, 0.717) is 11.6 Å². The lowest BCUT2D eigenvalue weighted by Crippen LogP contribution is -2.16. The van der Waals surface area contributed by atoms with Crippen LogP contribution in [0.2, 0.25) is 5.02 Å².